The molecule has 0 unspecified atom stereocenters. The minimum atomic E-state index is 0.815. The molecular weight excluding hydrogens is 272 g/mol. The fraction of sp³-hybridized carbons (Fsp3) is 0.500. The van der Waals surface area contributed by atoms with Crippen molar-refractivity contribution >= 4 is 0 Å². The molecule has 0 saturated carbocycles. The van der Waals surface area contributed by atoms with Gasteiger partial charge in [-0.2, -0.15) is 0 Å². The fourth-order valence-corrected chi connectivity index (χ4v) is 2.58. The first-order valence-electron chi connectivity index (χ1n) is 8.67. The van der Waals surface area contributed by atoms with E-state index in [1.165, 1.54) is 44.9 Å². The van der Waals surface area contributed by atoms with Crippen LogP contribution in [0.4, 0.5) is 0 Å². The third-order valence-electron chi connectivity index (χ3n) is 3.93. The summed E-state index contributed by atoms with van der Waals surface area (Å²) in [6.07, 6.45) is 12.3. The quantitative estimate of drug-likeness (QED) is 0.444. The summed E-state index contributed by atoms with van der Waals surface area (Å²) in [5, 5.41) is 0. The lowest BCUT2D eigenvalue weighted by Gasteiger charge is -2.07. The molecule has 0 aliphatic rings. The van der Waals surface area contributed by atoms with Crippen molar-refractivity contribution in [2.45, 2.75) is 58.3 Å². The summed E-state index contributed by atoms with van der Waals surface area (Å²) in [7, 11) is 0. The van der Waals surface area contributed by atoms with Gasteiger partial charge in [0.05, 0.1) is 12.9 Å². The number of benzene rings is 1. The highest BCUT2D eigenvalue weighted by Gasteiger charge is 2.00. The Bertz CT molecular complexity index is 485. The highest BCUT2D eigenvalue weighted by atomic mass is 16.5. The first kappa shape index (κ1) is 16.7. The van der Waals surface area contributed by atoms with Crippen molar-refractivity contribution in [3.05, 3.63) is 42.7 Å². The predicted molar refractivity (Wildman–Crippen MR) is 92.2 cm³/mol. The Morgan fingerprint density at radius 1 is 0.818 bits per heavy atom. The van der Waals surface area contributed by atoms with Gasteiger partial charge >= 0.3 is 0 Å². The van der Waals surface area contributed by atoms with E-state index in [1.807, 2.05) is 36.4 Å². The van der Waals surface area contributed by atoms with Crippen LogP contribution in [-0.4, -0.2) is 6.61 Å². The van der Waals surface area contributed by atoms with Crippen LogP contribution in [0.15, 0.2) is 47.1 Å². The Morgan fingerprint density at radius 3 is 2.14 bits per heavy atom. The van der Waals surface area contributed by atoms with Crippen molar-refractivity contribution in [1.82, 2.24) is 0 Å². The number of rotatable bonds is 11. The van der Waals surface area contributed by atoms with Crippen molar-refractivity contribution in [1.29, 1.82) is 0 Å². The van der Waals surface area contributed by atoms with Crippen LogP contribution in [0.3, 0.4) is 0 Å². The first-order chi connectivity index (χ1) is 10.9. The lowest BCUT2D eigenvalue weighted by atomic mass is 10.1. The Hall–Kier alpha value is -1.70. The van der Waals surface area contributed by atoms with Gasteiger partial charge in [-0.05, 0) is 42.8 Å². The summed E-state index contributed by atoms with van der Waals surface area (Å²) in [6, 6.07) is 12.0. The van der Waals surface area contributed by atoms with Gasteiger partial charge in [0.1, 0.15) is 11.5 Å². The second-order valence-electron chi connectivity index (χ2n) is 5.83. The van der Waals surface area contributed by atoms with Gasteiger partial charge < -0.3 is 9.15 Å². The lowest BCUT2D eigenvalue weighted by Crippen LogP contribution is -1.97. The summed E-state index contributed by atoms with van der Waals surface area (Å²) in [4.78, 5) is 0. The van der Waals surface area contributed by atoms with Gasteiger partial charge in [-0.25, -0.2) is 0 Å². The van der Waals surface area contributed by atoms with Crippen LogP contribution in [0, 0.1) is 0 Å². The predicted octanol–water partition coefficient (Wildman–Crippen LogP) is 6.47. The van der Waals surface area contributed by atoms with Gasteiger partial charge in [-0.1, -0.05) is 51.9 Å². The van der Waals surface area contributed by atoms with E-state index in [1.54, 1.807) is 6.26 Å². The number of hydrogen-bond acceptors (Lipinski definition) is 2. The Kier molecular flexibility index (Phi) is 7.65. The maximum absolute atomic E-state index is 5.79. The molecule has 1 aromatic heterocycles. The standard InChI is InChI=1S/C20H28O2/c1-2-3-4-5-6-7-8-9-16-21-19-14-12-18(13-15-19)20-11-10-17-22-20/h10-15,17H,2-9,16H2,1H3. The number of hydrogen-bond donors (Lipinski definition) is 0. The van der Waals surface area contributed by atoms with E-state index in [-0.39, 0.29) is 0 Å². The number of unbranched alkanes of at least 4 members (excludes halogenated alkanes) is 7. The van der Waals surface area contributed by atoms with Crippen LogP contribution in [-0.2, 0) is 0 Å². The zero-order chi connectivity index (χ0) is 15.5. The van der Waals surface area contributed by atoms with E-state index in [9.17, 15) is 0 Å². The van der Waals surface area contributed by atoms with Gasteiger partial charge in [-0.3, -0.25) is 0 Å². The number of furan rings is 1. The SMILES string of the molecule is CCCCCCCCCCOc1ccc(-c2ccco2)cc1. The normalized spacial score (nSPS) is 10.8. The van der Waals surface area contributed by atoms with Crippen LogP contribution >= 0.6 is 0 Å². The molecule has 0 aliphatic heterocycles. The molecule has 1 aromatic carbocycles. The smallest absolute Gasteiger partial charge is 0.133 e. The molecular formula is C20H28O2. The molecule has 2 nitrogen and oxygen atoms in total. The van der Waals surface area contributed by atoms with Gasteiger partial charge in [0.15, 0.2) is 0 Å². The van der Waals surface area contributed by atoms with Gasteiger partial charge in [0, 0.05) is 5.56 Å². The largest absolute Gasteiger partial charge is 0.494 e. The second kappa shape index (κ2) is 10.1. The Morgan fingerprint density at radius 2 is 1.50 bits per heavy atom. The molecule has 2 aromatic rings. The average Bonchev–Trinajstić information content (AvgIpc) is 3.08. The molecule has 0 aliphatic carbocycles. The van der Waals surface area contributed by atoms with Crippen molar-refractivity contribution in [2.75, 3.05) is 6.61 Å². The molecule has 1 heterocycles. The Labute approximate surface area is 134 Å². The molecule has 0 spiro atoms. The third-order valence-corrected chi connectivity index (χ3v) is 3.93. The maximum Gasteiger partial charge on any atom is 0.133 e. The monoisotopic (exact) mass is 300 g/mol. The molecule has 0 fully saturated rings. The molecule has 0 bridgehead atoms. The van der Waals surface area contributed by atoms with Crippen LogP contribution in [0.1, 0.15) is 58.3 Å². The molecule has 22 heavy (non-hydrogen) atoms. The summed E-state index contributed by atoms with van der Waals surface area (Å²) < 4.78 is 11.2. The molecule has 2 heteroatoms. The topological polar surface area (TPSA) is 22.4 Å². The minimum absolute atomic E-state index is 0.815. The van der Waals surface area contributed by atoms with Crippen LogP contribution < -0.4 is 4.74 Å². The van der Waals surface area contributed by atoms with E-state index in [0.29, 0.717) is 0 Å². The highest BCUT2D eigenvalue weighted by Crippen LogP contribution is 2.22. The third kappa shape index (κ3) is 5.97. The minimum Gasteiger partial charge on any atom is -0.494 e. The Balaban J connectivity index is 1.56. The first-order valence-corrected chi connectivity index (χ1v) is 8.67. The summed E-state index contributed by atoms with van der Waals surface area (Å²) in [6.45, 7) is 3.08. The fourth-order valence-electron chi connectivity index (χ4n) is 2.58. The lowest BCUT2D eigenvalue weighted by molar-refractivity contribution is 0.304. The van der Waals surface area contributed by atoms with Crippen molar-refractivity contribution in [3.63, 3.8) is 0 Å². The maximum atomic E-state index is 5.79. The highest BCUT2D eigenvalue weighted by molar-refractivity contribution is 5.58. The van der Waals surface area contributed by atoms with Crippen molar-refractivity contribution < 1.29 is 9.15 Å². The van der Waals surface area contributed by atoms with Crippen molar-refractivity contribution in [3.8, 4) is 17.1 Å². The van der Waals surface area contributed by atoms with E-state index in [4.69, 9.17) is 9.15 Å². The van der Waals surface area contributed by atoms with Gasteiger partial charge in [-0.15, -0.1) is 0 Å². The molecule has 0 N–H and O–H groups in total. The average molecular weight is 300 g/mol. The summed E-state index contributed by atoms with van der Waals surface area (Å²) in [5.41, 5.74) is 1.09. The van der Waals surface area contributed by atoms with E-state index in [0.717, 1.165) is 30.1 Å². The van der Waals surface area contributed by atoms with E-state index < -0.39 is 0 Å². The van der Waals surface area contributed by atoms with E-state index in [2.05, 4.69) is 6.92 Å². The van der Waals surface area contributed by atoms with Crippen LogP contribution in [0.2, 0.25) is 0 Å². The van der Waals surface area contributed by atoms with Crippen molar-refractivity contribution in [2.24, 2.45) is 0 Å². The second-order valence-corrected chi connectivity index (χ2v) is 5.83. The zero-order valence-electron chi connectivity index (χ0n) is 13.7. The van der Waals surface area contributed by atoms with E-state index >= 15 is 0 Å². The zero-order valence-corrected chi connectivity index (χ0v) is 13.7. The number of ether oxygens (including phenoxy) is 1. The van der Waals surface area contributed by atoms with Crippen LogP contribution in [0.25, 0.3) is 11.3 Å². The molecule has 120 valence electrons. The summed E-state index contributed by atoms with van der Waals surface area (Å²) >= 11 is 0. The molecule has 0 atom stereocenters. The van der Waals surface area contributed by atoms with Crippen LogP contribution in [0.5, 0.6) is 5.75 Å². The molecule has 0 radical (unpaired) electrons. The molecule has 0 amide bonds. The van der Waals surface area contributed by atoms with Gasteiger partial charge in [0.2, 0.25) is 0 Å². The molecule has 0 saturated heterocycles. The summed E-state index contributed by atoms with van der Waals surface area (Å²) in [5.74, 6) is 1.84. The molecule has 2 rings (SSSR count). The van der Waals surface area contributed by atoms with Gasteiger partial charge in [0.25, 0.3) is 0 Å².